The molecule has 2 aromatic carbocycles. The maximum atomic E-state index is 15.3. The normalized spacial score (nSPS) is 17.8. The summed E-state index contributed by atoms with van der Waals surface area (Å²) in [5, 5.41) is 14.1. The highest BCUT2D eigenvalue weighted by Crippen LogP contribution is 2.40. The summed E-state index contributed by atoms with van der Waals surface area (Å²) in [6.07, 6.45) is -0.933. The van der Waals surface area contributed by atoms with Crippen molar-refractivity contribution in [3.05, 3.63) is 71.3 Å². The topological polar surface area (TPSA) is 91.4 Å². The van der Waals surface area contributed by atoms with Gasteiger partial charge in [0.1, 0.15) is 35.3 Å². The van der Waals surface area contributed by atoms with Gasteiger partial charge in [0.15, 0.2) is 5.82 Å². The van der Waals surface area contributed by atoms with Crippen molar-refractivity contribution in [1.29, 1.82) is 0 Å². The molecule has 1 aliphatic carbocycles. The van der Waals surface area contributed by atoms with Crippen LogP contribution in [0, 0.1) is 17.6 Å². The van der Waals surface area contributed by atoms with Gasteiger partial charge in [-0.3, -0.25) is 9.48 Å². The van der Waals surface area contributed by atoms with Gasteiger partial charge in [-0.2, -0.15) is 5.10 Å². The molecule has 0 aliphatic heterocycles. The van der Waals surface area contributed by atoms with Crippen LogP contribution in [0.2, 0.25) is 0 Å². The van der Waals surface area contributed by atoms with Crippen LogP contribution in [0.15, 0.2) is 42.6 Å². The molecule has 8 nitrogen and oxygen atoms in total. The van der Waals surface area contributed by atoms with Crippen molar-refractivity contribution in [3.8, 4) is 11.5 Å². The van der Waals surface area contributed by atoms with Crippen molar-refractivity contribution < 1.29 is 41.3 Å². The second-order valence-electron chi connectivity index (χ2n) is 9.74. The Balaban J connectivity index is 1.57. The minimum absolute atomic E-state index is 0.0158. The van der Waals surface area contributed by atoms with Crippen molar-refractivity contribution in [2.24, 2.45) is 13.0 Å². The number of aromatic nitrogens is 4. The Hall–Kier alpha value is -4.16. The highest BCUT2D eigenvalue weighted by atomic mass is 19.4. The van der Waals surface area contributed by atoms with E-state index in [0.717, 1.165) is 24.6 Å². The van der Waals surface area contributed by atoms with Crippen LogP contribution in [0.25, 0.3) is 11.0 Å². The van der Waals surface area contributed by atoms with Crippen LogP contribution in [0.3, 0.4) is 0 Å². The number of nitrogens with zero attached hydrogens (tertiary/aromatic N) is 4. The molecular weight excluding hydrogens is 539 g/mol. The molecule has 2 heterocycles. The van der Waals surface area contributed by atoms with Crippen LogP contribution >= 0.6 is 0 Å². The Bertz CT molecular complexity index is 1550. The smallest absolute Gasteiger partial charge is 0.487 e. The number of ether oxygens (including phenoxy) is 2. The quantitative estimate of drug-likeness (QED) is 0.267. The van der Waals surface area contributed by atoms with Gasteiger partial charge in [-0.05, 0) is 25.0 Å². The summed E-state index contributed by atoms with van der Waals surface area (Å²) in [5.74, 6) is -4.37. The van der Waals surface area contributed by atoms with Gasteiger partial charge < -0.3 is 19.1 Å². The van der Waals surface area contributed by atoms with Crippen LogP contribution in [-0.4, -0.2) is 36.8 Å². The summed E-state index contributed by atoms with van der Waals surface area (Å²) in [6, 6.07) is 7.15. The minimum atomic E-state index is -4.99. The third-order valence-electron chi connectivity index (χ3n) is 6.97. The number of alkyl halides is 3. The first-order chi connectivity index (χ1) is 19.0. The minimum Gasteiger partial charge on any atom is -0.487 e. The lowest BCUT2D eigenvalue weighted by atomic mass is 9.78. The summed E-state index contributed by atoms with van der Waals surface area (Å²) in [4.78, 5) is 16.5. The molecule has 4 aromatic rings. The molecule has 0 amide bonds. The Morgan fingerprint density at radius 3 is 2.50 bits per heavy atom. The summed E-state index contributed by atoms with van der Waals surface area (Å²) in [6.45, 7) is -0.193. The highest BCUT2D eigenvalue weighted by Gasteiger charge is 2.36. The monoisotopic (exact) mass is 564 g/mol. The van der Waals surface area contributed by atoms with Crippen molar-refractivity contribution in [2.45, 2.75) is 51.1 Å². The fourth-order valence-corrected chi connectivity index (χ4v) is 5.16. The Morgan fingerprint density at radius 2 is 1.82 bits per heavy atom. The summed E-state index contributed by atoms with van der Waals surface area (Å²) in [5.41, 5.74) is 0.771. The fourth-order valence-electron chi connectivity index (χ4n) is 5.16. The second-order valence-corrected chi connectivity index (χ2v) is 9.74. The molecule has 0 spiro atoms. The zero-order valence-corrected chi connectivity index (χ0v) is 21.3. The lowest BCUT2D eigenvalue weighted by molar-refractivity contribution is -0.274. The molecule has 0 radical (unpaired) electrons. The molecule has 1 aliphatic rings. The second kappa shape index (κ2) is 10.8. The predicted octanol–water partition coefficient (Wildman–Crippen LogP) is 5.93. The van der Waals surface area contributed by atoms with Crippen LogP contribution < -0.4 is 9.47 Å². The van der Waals surface area contributed by atoms with E-state index in [1.807, 2.05) is 0 Å². The molecular formula is C27H25F5N4O4. The molecule has 1 N–H and O–H groups in total. The van der Waals surface area contributed by atoms with Crippen LogP contribution in [-0.2, 0) is 25.0 Å². The SMILES string of the molecule is Cn1ccc(COc2cc(F)c3nc([C@@H]4CCCC[C@@H]4C(=O)O)n(Cc4ccc(OC(F)(F)F)cc4F)c3c2)n1. The number of carbonyl (C=O) groups is 1. The number of halogens is 5. The summed E-state index contributed by atoms with van der Waals surface area (Å²) < 4.78 is 80.8. The first-order valence-corrected chi connectivity index (χ1v) is 12.6. The lowest BCUT2D eigenvalue weighted by Crippen LogP contribution is -2.28. The zero-order valence-electron chi connectivity index (χ0n) is 21.3. The van der Waals surface area contributed by atoms with Crippen molar-refractivity contribution in [3.63, 3.8) is 0 Å². The van der Waals surface area contributed by atoms with Gasteiger partial charge in [-0.1, -0.05) is 18.9 Å². The average molecular weight is 565 g/mol. The number of rotatable bonds is 8. The van der Waals surface area contributed by atoms with E-state index in [4.69, 9.17) is 4.74 Å². The first kappa shape index (κ1) is 27.4. The van der Waals surface area contributed by atoms with Gasteiger partial charge >= 0.3 is 12.3 Å². The van der Waals surface area contributed by atoms with E-state index in [2.05, 4.69) is 14.8 Å². The molecule has 40 heavy (non-hydrogen) atoms. The first-order valence-electron chi connectivity index (χ1n) is 12.6. The van der Waals surface area contributed by atoms with Gasteiger partial charge in [0.25, 0.3) is 0 Å². The fraction of sp³-hybridized carbons (Fsp3) is 0.370. The molecule has 2 aromatic heterocycles. The molecule has 5 rings (SSSR count). The van der Waals surface area contributed by atoms with Gasteiger partial charge in [0.2, 0.25) is 0 Å². The van der Waals surface area contributed by atoms with E-state index < -0.39 is 41.6 Å². The van der Waals surface area contributed by atoms with Gasteiger partial charge in [0, 0.05) is 42.9 Å². The lowest BCUT2D eigenvalue weighted by Gasteiger charge is -2.28. The van der Waals surface area contributed by atoms with Gasteiger partial charge in [-0.25, -0.2) is 13.8 Å². The predicted molar refractivity (Wildman–Crippen MR) is 132 cm³/mol. The van der Waals surface area contributed by atoms with Crippen LogP contribution in [0.1, 0.15) is 48.7 Å². The standard InChI is InChI=1S/C27H25F5N4O4/c1-35-9-8-16(34-35)14-39-18-11-22(29)24-23(12-18)36(25(33-24)19-4-2-3-5-20(19)26(37)38)13-15-6-7-17(10-21(15)28)40-27(30,31)32/h6-12,19-20H,2-5,13-14H2,1H3,(H,37,38)/t19-,20+/m1/s1. The number of aliphatic carboxylic acids is 1. The number of carboxylic acid groups (broad SMARTS) is 1. The molecule has 1 saturated carbocycles. The summed E-state index contributed by atoms with van der Waals surface area (Å²) in [7, 11) is 1.74. The maximum absolute atomic E-state index is 15.3. The van der Waals surface area contributed by atoms with E-state index in [0.29, 0.717) is 31.0 Å². The molecule has 0 bridgehead atoms. The zero-order chi connectivity index (χ0) is 28.6. The summed E-state index contributed by atoms with van der Waals surface area (Å²) >= 11 is 0. The number of hydrogen-bond acceptors (Lipinski definition) is 5. The number of hydrogen-bond donors (Lipinski definition) is 1. The number of carboxylic acids is 1. The van der Waals surface area contributed by atoms with E-state index in [1.165, 1.54) is 10.6 Å². The Labute approximate surface area is 224 Å². The Morgan fingerprint density at radius 1 is 1.07 bits per heavy atom. The van der Waals surface area contributed by atoms with E-state index in [9.17, 15) is 27.5 Å². The molecule has 0 saturated heterocycles. The molecule has 1 fully saturated rings. The van der Waals surface area contributed by atoms with Crippen molar-refractivity contribution in [2.75, 3.05) is 0 Å². The van der Waals surface area contributed by atoms with Gasteiger partial charge in [-0.15, -0.1) is 13.2 Å². The molecule has 13 heteroatoms. The van der Waals surface area contributed by atoms with Crippen LogP contribution in [0.4, 0.5) is 22.0 Å². The number of aryl methyl sites for hydroxylation is 1. The maximum Gasteiger partial charge on any atom is 0.573 e. The van der Waals surface area contributed by atoms with Crippen molar-refractivity contribution in [1.82, 2.24) is 19.3 Å². The Kier molecular flexibility index (Phi) is 7.39. The average Bonchev–Trinajstić information content (AvgIpc) is 3.47. The molecule has 0 unspecified atom stereocenters. The third-order valence-corrected chi connectivity index (χ3v) is 6.97. The third kappa shape index (κ3) is 5.87. The van der Waals surface area contributed by atoms with Crippen LogP contribution in [0.5, 0.6) is 11.5 Å². The molecule has 212 valence electrons. The number of fused-ring (bicyclic) bond motifs is 1. The number of benzene rings is 2. The van der Waals surface area contributed by atoms with Crippen molar-refractivity contribution >= 4 is 17.0 Å². The largest absolute Gasteiger partial charge is 0.573 e. The molecule has 2 atom stereocenters. The van der Waals surface area contributed by atoms with E-state index in [-0.39, 0.29) is 41.3 Å². The van der Waals surface area contributed by atoms with E-state index in [1.54, 1.807) is 24.0 Å². The number of imidazole rings is 1. The highest BCUT2D eigenvalue weighted by molar-refractivity contribution is 5.79. The van der Waals surface area contributed by atoms with E-state index >= 15 is 4.39 Å². The van der Waals surface area contributed by atoms with Gasteiger partial charge in [0.05, 0.1) is 23.7 Å².